The monoisotopic (exact) mass is 549 g/mol. The lowest BCUT2D eigenvalue weighted by Crippen LogP contribution is -2.57. The zero-order chi connectivity index (χ0) is 28.6. The summed E-state index contributed by atoms with van der Waals surface area (Å²) in [6, 6.07) is 60.2. The topological polar surface area (TPSA) is 21.1 Å². The molecule has 6 aromatic carbocycles. The number of benzene rings is 6. The van der Waals surface area contributed by atoms with Gasteiger partial charge < -0.3 is 4.90 Å². The van der Waals surface area contributed by atoms with Gasteiger partial charge in [0.25, 0.3) is 0 Å². The van der Waals surface area contributed by atoms with Gasteiger partial charge in [-0.2, -0.15) is 5.10 Å². The highest BCUT2D eigenvalue weighted by molar-refractivity contribution is 6.98. The maximum atomic E-state index is 5.40. The number of hydrogen-bond acceptors (Lipinski definition) is 2. The fraction of sp³-hybridized carbons (Fsp3) is 0. The molecule has 3 nitrogen and oxygen atoms in total. The van der Waals surface area contributed by atoms with E-state index in [1.807, 2.05) is 0 Å². The Kier molecular flexibility index (Phi) is 6.23. The normalized spacial score (nSPS) is 12.1. The fourth-order valence-electron chi connectivity index (χ4n) is 6.44. The molecule has 0 spiro atoms. The van der Waals surface area contributed by atoms with Crippen molar-refractivity contribution >= 4 is 40.2 Å². The molecular weight excluding hydrogens is 521 g/mol. The third-order valence-corrected chi connectivity index (χ3v) is 8.29. The van der Waals surface area contributed by atoms with E-state index in [1.54, 1.807) is 0 Å². The second-order valence-electron chi connectivity index (χ2n) is 10.8. The summed E-state index contributed by atoms with van der Waals surface area (Å²) < 4.78 is 2.11. The molecule has 0 aliphatic carbocycles. The van der Waals surface area contributed by atoms with Crippen molar-refractivity contribution in [3.8, 4) is 28.2 Å². The minimum absolute atomic E-state index is 0.120. The van der Waals surface area contributed by atoms with Crippen LogP contribution in [0, 0.1) is 0 Å². The molecule has 8 rings (SSSR count). The summed E-state index contributed by atoms with van der Waals surface area (Å²) in [6.45, 7) is 0.120. The van der Waals surface area contributed by atoms with Crippen molar-refractivity contribution in [1.29, 1.82) is 0 Å². The van der Waals surface area contributed by atoms with Gasteiger partial charge in [-0.1, -0.05) is 151 Å². The molecule has 0 bridgehead atoms. The Morgan fingerprint density at radius 2 is 0.907 bits per heavy atom. The molecule has 0 atom stereocenters. The van der Waals surface area contributed by atoms with Gasteiger partial charge in [0.2, 0.25) is 6.71 Å². The zero-order valence-corrected chi connectivity index (χ0v) is 23.6. The minimum Gasteiger partial charge on any atom is -0.307 e. The zero-order valence-electron chi connectivity index (χ0n) is 23.6. The Morgan fingerprint density at radius 1 is 0.442 bits per heavy atom. The van der Waals surface area contributed by atoms with Crippen LogP contribution in [0.25, 0.3) is 28.2 Å². The summed E-state index contributed by atoms with van der Waals surface area (Å²) in [4.78, 5) is 2.45. The number of rotatable bonds is 5. The summed E-state index contributed by atoms with van der Waals surface area (Å²) >= 11 is 0. The lowest BCUT2D eigenvalue weighted by Gasteiger charge is -2.37. The Morgan fingerprint density at radius 3 is 1.49 bits per heavy atom. The molecule has 1 aliphatic heterocycles. The summed E-state index contributed by atoms with van der Waals surface area (Å²) in [5.74, 6) is 0. The van der Waals surface area contributed by atoms with Crippen LogP contribution in [0.5, 0.6) is 0 Å². The molecule has 0 amide bonds. The third kappa shape index (κ3) is 4.27. The van der Waals surface area contributed by atoms with Crippen LogP contribution in [-0.4, -0.2) is 16.5 Å². The van der Waals surface area contributed by atoms with Crippen molar-refractivity contribution in [2.45, 2.75) is 0 Å². The van der Waals surface area contributed by atoms with E-state index in [0.29, 0.717) is 0 Å². The van der Waals surface area contributed by atoms with Crippen LogP contribution in [0.4, 0.5) is 17.1 Å². The highest BCUT2D eigenvalue weighted by Gasteiger charge is 2.38. The molecule has 0 saturated heterocycles. The predicted molar refractivity (Wildman–Crippen MR) is 180 cm³/mol. The molecule has 1 aromatic heterocycles. The smallest absolute Gasteiger partial charge is 0.246 e. The van der Waals surface area contributed by atoms with Crippen molar-refractivity contribution in [2.75, 3.05) is 4.90 Å². The average molecular weight is 549 g/mol. The number of anilines is 3. The molecule has 0 radical (unpaired) electrons. The number of nitrogens with zero attached hydrogens (tertiary/aromatic N) is 3. The van der Waals surface area contributed by atoms with Crippen molar-refractivity contribution in [1.82, 2.24) is 9.78 Å². The van der Waals surface area contributed by atoms with Crippen LogP contribution in [-0.2, 0) is 0 Å². The van der Waals surface area contributed by atoms with Crippen LogP contribution in [0.2, 0.25) is 0 Å². The number of para-hydroxylation sites is 3. The number of hydrogen-bond donors (Lipinski definition) is 0. The molecule has 0 unspecified atom stereocenters. The quantitative estimate of drug-likeness (QED) is 0.207. The van der Waals surface area contributed by atoms with Gasteiger partial charge in [-0.25, -0.2) is 4.68 Å². The lowest BCUT2D eigenvalue weighted by molar-refractivity contribution is 0.892. The van der Waals surface area contributed by atoms with Crippen molar-refractivity contribution in [2.24, 2.45) is 0 Å². The first-order valence-electron chi connectivity index (χ1n) is 14.7. The summed E-state index contributed by atoms with van der Waals surface area (Å²) in [5, 5.41) is 5.40. The van der Waals surface area contributed by atoms with E-state index in [-0.39, 0.29) is 6.71 Å². The molecule has 1 aliphatic rings. The summed E-state index contributed by atoms with van der Waals surface area (Å²) in [6.07, 6.45) is 0. The van der Waals surface area contributed by atoms with Crippen LogP contribution >= 0.6 is 0 Å². The standard InChI is InChI=1S/C39H28BN3/c1-5-17-29(18-6-1)37-39(38(30-19-7-2-8-20-30)43(41-37)32-23-11-4-12-24-32)42-35-27-15-13-25-33(35)40(31-21-9-3-10-22-31)34-26-14-16-28-36(34)42/h1-28H. The third-order valence-electron chi connectivity index (χ3n) is 8.29. The van der Waals surface area contributed by atoms with Gasteiger partial charge in [0, 0.05) is 22.5 Å². The highest BCUT2D eigenvalue weighted by atomic mass is 15.3. The van der Waals surface area contributed by atoms with Gasteiger partial charge in [0.1, 0.15) is 11.4 Å². The average Bonchev–Trinajstić information content (AvgIpc) is 3.49. The van der Waals surface area contributed by atoms with E-state index in [2.05, 4.69) is 179 Å². The van der Waals surface area contributed by atoms with E-state index < -0.39 is 0 Å². The van der Waals surface area contributed by atoms with Crippen molar-refractivity contribution < 1.29 is 0 Å². The maximum absolute atomic E-state index is 5.40. The van der Waals surface area contributed by atoms with E-state index in [4.69, 9.17) is 5.10 Å². The largest absolute Gasteiger partial charge is 0.307 e. The van der Waals surface area contributed by atoms with Crippen molar-refractivity contribution in [3.63, 3.8) is 0 Å². The predicted octanol–water partition coefficient (Wildman–Crippen LogP) is 7.51. The molecule has 7 aromatic rings. The highest BCUT2D eigenvalue weighted by Crippen LogP contribution is 2.47. The van der Waals surface area contributed by atoms with Gasteiger partial charge in [0.05, 0.1) is 11.4 Å². The SMILES string of the molecule is c1ccc(B2c3ccccc3N(c3c(-c4ccccc4)nn(-c4ccccc4)c3-c3ccccc3)c3ccccc32)cc1. The van der Waals surface area contributed by atoms with E-state index in [0.717, 1.165) is 45.3 Å². The molecule has 43 heavy (non-hydrogen) atoms. The van der Waals surface area contributed by atoms with Gasteiger partial charge in [-0.15, -0.1) is 0 Å². The van der Waals surface area contributed by atoms with Crippen LogP contribution < -0.4 is 21.3 Å². The molecule has 0 fully saturated rings. The molecule has 4 heteroatoms. The lowest BCUT2D eigenvalue weighted by atomic mass is 9.35. The van der Waals surface area contributed by atoms with Crippen LogP contribution in [0.3, 0.4) is 0 Å². The fourth-order valence-corrected chi connectivity index (χ4v) is 6.44. The van der Waals surface area contributed by atoms with Gasteiger partial charge in [0.15, 0.2) is 0 Å². The Bertz CT molecular complexity index is 1970. The first kappa shape index (κ1) is 25.1. The van der Waals surface area contributed by atoms with Gasteiger partial charge in [-0.3, -0.25) is 0 Å². The molecule has 0 N–H and O–H groups in total. The summed E-state index contributed by atoms with van der Waals surface area (Å²) in [7, 11) is 0. The first-order chi connectivity index (χ1) is 21.4. The van der Waals surface area contributed by atoms with E-state index in [1.165, 1.54) is 16.4 Å². The molecular formula is C39H28BN3. The Hall–Kier alpha value is -5.61. The summed E-state index contributed by atoms with van der Waals surface area (Å²) in [5.41, 5.74) is 12.4. The molecule has 2 heterocycles. The Labute approximate surface area is 252 Å². The van der Waals surface area contributed by atoms with E-state index in [9.17, 15) is 0 Å². The van der Waals surface area contributed by atoms with Crippen molar-refractivity contribution in [3.05, 3.63) is 170 Å². The van der Waals surface area contributed by atoms with E-state index >= 15 is 0 Å². The second kappa shape index (κ2) is 10.7. The van der Waals surface area contributed by atoms with Gasteiger partial charge in [-0.05, 0) is 35.2 Å². The second-order valence-corrected chi connectivity index (χ2v) is 10.8. The minimum atomic E-state index is 0.120. The first-order valence-corrected chi connectivity index (χ1v) is 14.7. The number of fused-ring (bicyclic) bond motifs is 2. The Balaban J connectivity index is 1.49. The molecule has 202 valence electrons. The van der Waals surface area contributed by atoms with Crippen LogP contribution in [0.1, 0.15) is 0 Å². The molecule has 0 saturated carbocycles. The van der Waals surface area contributed by atoms with Crippen LogP contribution in [0.15, 0.2) is 170 Å². The number of aromatic nitrogens is 2. The maximum Gasteiger partial charge on any atom is 0.246 e. The van der Waals surface area contributed by atoms with Gasteiger partial charge >= 0.3 is 0 Å².